The number of likely N-dealkylation sites (tertiary alicyclic amines) is 1. The van der Waals surface area contributed by atoms with Gasteiger partial charge < -0.3 is 15.0 Å². The van der Waals surface area contributed by atoms with Crippen molar-refractivity contribution < 1.29 is 19.1 Å². The predicted molar refractivity (Wildman–Crippen MR) is 129 cm³/mol. The number of rotatable bonds is 5. The van der Waals surface area contributed by atoms with E-state index in [0.29, 0.717) is 22.6 Å². The minimum Gasteiger partial charge on any atom is -0.507 e. The largest absolute Gasteiger partial charge is 0.507 e. The van der Waals surface area contributed by atoms with Gasteiger partial charge in [-0.2, -0.15) is 0 Å². The van der Waals surface area contributed by atoms with Crippen LogP contribution < -0.4 is 0 Å². The monoisotopic (exact) mass is 474 g/mol. The number of nitrogens with one attached hydrogen (secondary N) is 1. The van der Waals surface area contributed by atoms with Crippen molar-refractivity contribution in [3.05, 3.63) is 112 Å². The number of benzene rings is 3. The van der Waals surface area contributed by atoms with Gasteiger partial charge in [0.15, 0.2) is 0 Å². The third-order valence-corrected chi connectivity index (χ3v) is 6.37. The summed E-state index contributed by atoms with van der Waals surface area (Å²) in [6, 6.07) is 18.9. The summed E-state index contributed by atoms with van der Waals surface area (Å²) < 4.78 is 14.1. The lowest BCUT2D eigenvalue weighted by atomic mass is 9.95. The van der Waals surface area contributed by atoms with Gasteiger partial charge in [0.05, 0.1) is 11.6 Å². The normalized spacial score (nSPS) is 17.6. The van der Waals surface area contributed by atoms with Crippen molar-refractivity contribution in [2.45, 2.75) is 12.5 Å². The maximum Gasteiger partial charge on any atom is 0.295 e. The van der Waals surface area contributed by atoms with Crippen LogP contribution in [0.15, 0.2) is 84.6 Å². The molecule has 0 saturated carbocycles. The molecule has 0 aliphatic carbocycles. The molecule has 5 nitrogen and oxygen atoms in total. The number of carbonyl (C=O) groups is 2. The van der Waals surface area contributed by atoms with Gasteiger partial charge in [0, 0.05) is 34.2 Å². The number of aromatic nitrogens is 1. The molecule has 1 aromatic heterocycles. The van der Waals surface area contributed by atoms with Gasteiger partial charge in [0.1, 0.15) is 11.6 Å². The fourth-order valence-corrected chi connectivity index (χ4v) is 4.60. The van der Waals surface area contributed by atoms with Gasteiger partial charge in [-0.15, -0.1) is 0 Å². The summed E-state index contributed by atoms with van der Waals surface area (Å²) in [5.74, 6) is -2.35. The van der Waals surface area contributed by atoms with Crippen LogP contribution in [0.5, 0.6) is 0 Å². The summed E-state index contributed by atoms with van der Waals surface area (Å²) in [5, 5.41) is 12.5. The number of carbonyl (C=O) groups excluding carboxylic acids is 2. The molecule has 1 atom stereocenters. The van der Waals surface area contributed by atoms with Crippen molar-refractivity contribution in [3.8, 4) is 0 Å². The number of halogens is 2. The Labute approximate surface area is 200 Å². The quantitative estimate of drug-likeness (QED) is 0.224. The molecular weight excluding hydrogens is 455 g/mol. The topological polar surface area (TPSA) is 73.4 Å². The Balaban J connectivity index is 1.57. The van der Waals surface area contributed by atoms with E-state index in [9.17, 15) is 19.1 Å². The van der Waals surface area contributed by atoms with E-state index in [1.54, 1.807) is 30.3 Å². The van der Waals surface area contributed by atoms with E-state index in [1.165, 1.54) is 23.1 Å². The molecule has 0 spiro atoms. The van der Waals surface area contributed by atoms with Crippen molar-refractivity contribution in [2.75, 3.05) is 6.54 Å². The fourth-order valence-electron chi connectivity index (χ4n) is 4.48. The van der Waals surface area contributed by atoms with Crippen LogP contribution in [-0.4, -0.2) is 33.2 Å². The lowest BCUT2D eigenvalue weighted by molar-refractivity contribution is -0.139. The molecule has 4 aromatic rings. The van der Waals surface area contributed by atoms with E-state index >= 15 is 0 Å². The van der Waals surface area contributed by atoms with Crippen molar-refractivity contribution in [1.29, 1.82) is 0 Å². The van der Waals surface area contributed by atoms with E-state index in [0.717, 1.165) is 16.5 Å². The molecule has 34 heavy (non-hydrogen) atoms. The first-order valence-electron chi connectivity index (χ1n) is 10.8. The van der Waals surface area contributed by atoms with Gasteiger partial charge in [-0.1, -0.05) is 41.9 Å². The molecule has 1 saturated heterocycles. The Morgan fingerprint density at radius 1 is 1.03 bits per heavy atom. The molecule has 5 rings (SSSR count). The van der Waals surface area contributed by atoms with Crippen molar-refractivity contribution in [3.63, 3.8) is 0 Å². The van der Waals surface area contributed by atoms with Crippen LogP contribution in [0, 0.1) is 5.82 Å². The summed E-state index contributed by atoms with van der Waals surface area (Å²) in [5.41, 5.74) is 2.66. The highest BCUT2D eigenvalue weighted by atomic mass is 35.5. The van der Waals surface area contributed by atoms with Gasteiger partial charge in [-0.3, -0.25) is 9.59 Å². The second-order valence-corrected chi connectivity index (χ2v) is 8.60. The highest BCUT2D eigenvalue weighted by Crippen LogP contribution is 2.40. The van der Waals surface area contributed by atoms with Crippen LogP contribution in [0.2, 0.25) is 5.02 Å². The predicted octanol–water partition coefficient (Wildman–Crippen LogP) is 5.62. The van der Waals surface area contributed by atoms with E-state index in [1.807, 2.05) is 30.5 Å². The first-order valence-corrected chi connectivity index (χ1v) is 11.2. The SMILES string of the molecule is O=C1C(=O)N(CCc2c[nH]c3ccccc23)[C@H](c2cccc(F)c2)C1=C(O)c1ccc(Cl)cc1. The van der Waals surface area contributed by atoms with Crippen molar-refractivity contribution in [1.82, 2.24) is 9.88 Å². The van der Waals surface area contributed by atoms with Gasteiger partial charge in [-0.05, 0) is 60.0 Å². The summed E-state index contributed by atoms with van der Waals surface area (Å²) in [6.07, 6.45) is 2.36. The molecule has 3 aromatic carbocycles. The third kappa shape index (κ3) is 3.86. The van der Waals surface area contributed by atoms with Crippen LogP contribution in [0.4, 0.5) is 4.39 Å². The molecule has 7 heteroatoms. The zero-order chi connectivity index (χ0) is 23.8. The average Bonchev–Trinajstić information content (AvgIpc) is 3.36. The van der Waals surface area contributed by atoms with Crippen LogP contribution in [0.1, 0.15) is 22.7 Å². The first kappa shape index (κ1) is 21.9. The second-order valence-electron chi connectivity index (χ2n) is 8.16. The van der Waals surface area contributed by atoms with Crippen molar-refractivity contribution in [2.24, 2.45) is 0 Å². The Bertz CT molecular complexity index is 1440. The Kier molecular flexibility index (Phi) is 5.67. The standard InChI is InChI=1S/C27H20ClFN2O3/c28-19-10-8-16(9-11-19)25(32)23-24(17-4-3-5-20(29)14-17)31(27(34)26(23)33)13-12-18-15-30-22-7-2-1-6-21(18)22/h1-11,14-15,24,30,32H,12-13H2/t24-/m1/s1. The molecule has 1 amide bonds. The number of hydrogen-bond acceptors (Lipinski definition) is 3. The highest BCUT2D eigenvalue weighted by molar-refractivity contribution is 6.46. The average molecular weight is 475 g/mol. The lowest BCUT2D eigenvalue weighted by Gasteiger charge is -2.25. The highest BCUT2D eigenvalue weighted by Gasteiger charge is 2.46. The van der Waals surface area contributed by atoms with Gasteiger partial charge in [0.25, 0.3) is 11.7 Å². The molecule has 1 aliphatic rings. The van der Waals surface area contributed by atoms with Crippen LogP contribution >= 0.6 is 11.6 Å². The van der Waals surface area contributed by atoms with Gasteiger partial charge in [-0.25, -0.2) is 4.39 Å². The smallest absolute Gasteiger partial charge is 0.295 e. The molecular formula is C27H20ClFN2O3. The van der Waals surface area contributed by atoms with Gasteiger partial charge in [0.2, 0.25) is 0 Å². The van der Waals surface area contributed by atoms with E-state index < -0.39 is 23.5 Å². The minimum atomic E-state index is -0.920. The third-order valence-electron chi connectivity index (χ3n) is 6.12. The number of ketones is 1. The molecule has 0 radical (unpaired) electrons. The number of nitrogens with zero attached hydrogens (tertiary/aromatic N) is 1. The fraction of sp³-hybridized carbons (Fsp3) is 0.111. The number of fused-ring (bicyclic) bond motifs is 1. The number of H-pyrrole nitrogens is 1. The number of hydrogen-bond donors (Lipinski definition) is 2. The summed E-state index contributed by atoms with van der Waals surface area (Å²) in [7, 11) is 0. The van der Waals surface area contributed by atoms with Crippen LogP contribution in [0.3, 0.4) is 0 Å². The van der Waals surface area contributed by atoms with E-state index in [2.05, 4.69) is 4.98 Å². The van der Waals surface area contributed by atoms with E-state index in [-0.39, 0.29) is 17.9 Å². The van der Waals surface area contributed by atoms with Crippen LogP contribution in [0.25, 0.3) is 16.7 Å². The zero-order valence-electron chi connectivity index (χ0n) is 18.0. The number of aromatic amines is 1. The van der Waals surface area contributed by atoms with Crippen molar-refractivity contribution >= 4 is 40.0 Å². The Hall–Kier alpha value is -3.90. The zero-order valence-corrected chi connectivity index (χ0v) is 18.7. The molecule has 0 unspecified atom stereocenters. The molecule has 1 aliphatic heterocycles. The number of aliphatic hydroxyl groups excluding tert-OH is 1. The maximum atomic E-state index is 14.1. The van der Waals surface area contributed by atoms with Crippen LogP contribution in [-0.2, 0) is 16.0 Å². The minimum absolute atomic E-state index is 0.0724. The molecule has 170 valence electrons. The summed E-state index contributed by atoms with van der Waals surface area (Å²) >= 11 is 5.95. The molecule has 0 bridgehead atoms. The Morgan fingerprint density at radius 3 is 2.56 bits per heavy atom. The maximum absolute atomic E-state index is 14.1. The van der Waals surface area contributed by atoms with Gasteiger partial charge >= 0.3 is 0 Å². The number of amides is 1. The Morgan fingerprint density at radius 2 is 1.79 bits per heavy atom. The number of aliphatic hydroxyl groups is 1. The second kappa shape index (κ2) is 8.80. The number of para-hydroxylation sites is 1. The molecule has 1 fully saturated rings. The molecule has 2 heterocycles. The number of Topliss-reactive ketones (excluding diaryl/α,β-unsaturated/α-hetero) is 1. The first-order chi connectivity index (χ1) is 16.4. The summed E-state index contributed by atoms with van der Waals surface area (Å²) in [6.45, 7) is 0.213. The lowest BCUT2D eigenvalue weighted by Crippen LogP contribution is -2.31. The van der Waals surface area contributed by atoms with E-state index in [4.69, 9.17) is 11.6 Å². The summed E-state index contributed by atoms with van der Waals surface area (Å²) in [4.78, 5) is 30.8. The molecule has 2 N–H and O–H groups in total.